The molecule has 0 bridgehead atoms. The summed E-state index contributed by atoms with van der Waals surface area (Å²) in [5, 5.41) is 9.42. The number of carbonyl (C=O) groups is 1. The largest absolute Gasteiger partial charge is 0.391 e. The van der Waals surface area contributed by atoms with E-state index in [4.69, 9.17) is 0 Å². The summed E-state index contributed by atoms with van der Waals surface area (Å²) >= 11 is 3.25. The van der Waals surface area contributed by atoms with Gasteiger partial charge in [-0.1, -0.05) is 15.9 Å². The fourth-order valence-corrected chi connectivity index (χ4v) is 3.51. The lowest BCUT2D eigenvalue weighted by Crippen LogP contribution is -2.40. The number of likely N-dealkylation sites (tertiary alicyclic amines) is 1. The van der Waals surface area contributed by atoms with Gasteiger partial charge in [-0.2, -0.15) is 4.31 Å². The van der Waals surface area contributed by atoms with Crippen LogP contribution in [0.1, 0.15) is 6.42 Å². The molecule has 0 radical (unpaired) electrons. The molecule has 1 N–H and O–H groups in total. The Balaban J connectivity index is 2.06. The average molecular weight is 377 g/mol. The third-order valence-corrected chi connectivity index (χ3v) is 5.74. The molecule has 1 aromatic rings. The summed E-state index contributed by atoms with van der Waals surface area (Å²) in [6.07, 6.45) is 0.0249. The van der Waals surface area contributed by atoms with Crippen LogP contribution >= 0.6 is 15.9 Å². The predicted molar refractivity (Wildman–Crippen MR) is 81.2 cm³/mol. The zero-order chi connectivity index (χ0) is 15.6. The second-order valence-corrected chi connectivity index (χ2v) is 7.96. The maximum atomic E-state index is 12.3. The number of hydrogen-bond donors (Lipinski definition) is 1. The van der Waals surface area contributed by atoms with Crippen LogP contribution in [0.3, 0.4) is 0 Å². The Morgan fingerprint density at radius 3 is 2.57 bits per heavy atom. The number of carbonyl (C=O) groups excluding carboxylic acids is 1. The van der Waals surface area contributed by atoms with Gasteiger partial charge in [0.05, 0.1) is 17.5 Å². The third-order valence-electron chi connectivity index (χ3n) is 3.40. The van der Waals surface area contributed by atoms with Gasteiger partial charge in [0.25, 0.3) is 0 Å². The number of benzene rings is 1. The molecule has 1 amide bonds. The van der Waals surface area contributed by atoms with E-state index in [2.05, 4.69) is 15.9 Å². The first-order valence-corrected chi connectivity index (χ1v) is 8.72. The van der Waals surface area contributed by atoms with Gasteiger partial charge in [-0.25, -0.2) is 8.42 Å². The smallest absolute Gasteiger partial charge is 0.243 e. The second kappa shape index (κ2) is 6.43. The monoisotopic (exact) mass is 376 g/mol. The molecule has 1 atom stereocenters. The highest BCUT2D eigenvalue weighted by Gasteiger charge is 2.28. The lowest BCUT2D eigenvalue weighted by atomic mass is 10.3. The Morgan fingerprint density at radius 2 is 2.05 bits per heavy atom. The Hall–Kier alpha value is -0.960. The Morgan fingerprint density at radius 1 is 1.43 bits per heavy atom. The van der Waals surface area contributed by atoms with Crippen molar-refractivity contribution in [2.45, 2.75) is 17.4 Å². The van der Waals surface area contributed by atoms with E-state index >= 15 is 0 Å². The summed E-state index contributed by atoms with van der Waals surface area (Å²) in [5.41, 5.74) is 0. The van der Waals surface area contributed by atoms with E-state index < -0.39 is 16.1 Å². The number of nitrogens with zero attached hydrogens (tertiary/aromatic N) is 2. The van der Waals surface area contributed by atoms with Crippen molar-refractivity contribution in [2.24, 2.45) is 0 Å². The van der Waals surface area contributed by atoms with Gasteiger partial charge in [-0.05, 0) is 30.7 Å². The van der Waals surface area contributed by atoms with Gasteiger partial charge in [0.15, 0.2) is 0 Å². The van der Waals surface area contributed by atoms with Crippen molar-refractivity contribution in [3.63, 3.8) is 0 Å². The summed E-state index contributed by atoms with van der Waals surface area (Å²) in [7, 11) is -2.31. The maximum absolute atomic E-state index is 12.3. The molecule has 0 spiro atoms. The minimum Gasteiger partial charge on any atom is -0.391 e. The zero-order valence-electron chi connectivity index (χ0n) is 11.6. The van der Waals surface area contributed by atoms with Crippen LogP contribution in [0, 0.1) is 0 Å². The molecular weight excluding hydrogens is 360 g/mol. The van der Waals surface area contributed by atoms with Crippen molar-refractivity contribution < 1.29 is 18.3 Å². The molecule has 1 saturated heterocycles. The van der Waals surface area contributed by atoms with Crippen LogP contribution < -0.4 is 0 Å². The number of β-amino-alcohol motifs (C(OH)–C–C–N with tert-alkyl or cyclic N) is 1. The molecule has 1 fully saturated rings. The minimum atomic E-state index is -3.69. The topological polar surface area (TPSA) is 77.9 Å². The summed E-state index contributed by atoms with van der Waals surface area (Å²) in [6, 6.07) is 6.25. The van der Waals surface area contributed by atoms with Crippen LogP contribution in [-0.4, -0.2) is 61.4 Å². The van der Waals surface area contributed by atoms with Crippen molar-refractivity contribution in [3.05, 3.63) is 28.7 Å². The van der Waals surface area contributed by atoms with Crippen molar-refractivity contribution in [2.75, 3.05) is 26.7 Å². The third kappa shape index (κ3) is 3.82. The van der Waals surface area contributed by atoms with Crippen LogP contribution in [0.25, 0.3) is 0 Å². The first-order valence-electron chi connectivity index (χ1n) is 6.48. The van der Waals surface area contributed by atoms with E-state index in [1.807, 2.05) is 0 Å². The quantitative estimate of drug-likeness (QED) is 0.837. The van der Waals surface area contributed by atoms with Crippen LogP contribution in [0.5, 0.6) is 0 Å². The highest BCUT2D eigenvalue weighted by atomic mass is 79.9. The normalized spacial score (nSPS) is 19.2. The molecule has 116 valence electrons. The van der Waals surface area contributed by atoms with E-state index in [-0.39, 0.29) is 23.9 Å². The molecule has 1 aromatic carbocycles. The number of rotatable bonds is 4. The minimum absolute atomic E-state index is 0.141. The number of aliphatic hydroxyl groups is 1. The summed E-state index contributed by atoms with van der Waals surface area (Å²) < 4.78 is 26.5. The lowest BCUT2D eigenvalue weighted by molar-refractivity contribution is -0.130. The van der Waals surface area contributed by atoms with Gasteiger partial charge >= 0.3 is 0 Å². The molecule has 0 saturated carbocycles. The molecule has 0 aromatic heterocycles. The highest BCUT2D eigenvalue weighted by molar-refractivity contribution is 9.10. The molecule has 0 aliphatic carbocycles. The summed E-state index contributed by atoms with van der Waals surface area (Å²) in [5.74, 6) is -0.297. The van der Waals surface area contributed by atoms with Gasteiger partial charge in [0.2, 0.25) is 15.9 Å². The molecule has 6 nitrogen and oxygen atoms in total. The van der Waals surface area contributed by atoms with Gasteiger partial charge in [0.1, 0.15) is 0 Å². The number of likely N-dealkylation sites (N-methyl/N-ethyl adjacent to an activating group) is 1. The lowest BCUT2D eigenvalue weighted by Gasteiger charge is -2.21. The SMILES string of the molecule is CN(CC(=O)N1CC[C@H](O)C1)S(=O)(=O)c1ccc(Br)cc1. The molecule has 1 heterocycles. The molecular formula is C13H17BrN2O4S. The molecule has 1 aliphatic heterocycles. The first kappa shape index (κ1) is 16.4. The first-order chi connectivity index (χ1) is 9.80. The summed E-state index contributed by atoms with van der Waals surface area (Å²) in [6.45, 7) is 0.502. The average Bonchev–Trinajstić information content (AvgIpc) is 2.86. The van der Waals surface area contributed by atoms with Gasteiger partial charge in [0, 0.05) is 24.6 Å². The Bertz CT molecular complexity index is 618. The van der Waals surface area contributed by atoms with Crippen LogP contribution in [0.4, 0.5) is 0 Å². The molecule has 21 heavy (non-hydrogen) atoms. The van der Waals surface area contributed by atoms with E-state index in [0.29, 0.717) is 13.0 Å². The standard InChI is InChI=1S/C13H17BrN2O4S/c1-15(9-13(18)16-7-6-11(17)8-16)21(19,20)12-4-2-10(14)3-5-12/h2-5,11,17H,6-9H2,1H3/t11-/m0/s1. The van der Waals surface area contributed by atoms with E-state index in [1.54, 1.807) is 12.1 Å². The van der Waals surface area contributed by atoms with Crippen LogP contribution in [0.2, 0.25) is 0 Å². The van der Waals surface area contributed by atoms with E-state index in [9.17, 15) is 18.3 Å². The van der Waals surface area contributed by atoms with Gasteiger partial charge < -0.3 is 10.0 Å². The van der Waals surface area contributed by atoms with Crippen molar-refractivity contribution in [3.8, 4) is 0 Å². The number of sulfonamides is 1. The fourth-order valence-electron chi connectivity index (χ4n) is 2.13. The molecule has 2 rings (SSSR count). The number of hydrogen-bond acceptors (Lipinski definition) is 4. The Kier molecular flexibility index (Phi) is 5.03. The van der Waals surface area contributed by atoms with Crippen molar-refractivity contribution in [1.82, 2.24) is 9.21 Å². The zero-order valence-corrected chi connectivity index (χ0v) is 14.0. The van der Waals surface area contributed by atoms with E-state index in [1.165, 1.54) is 24.1 Å². The number of aliphatic hydroxyl groups excluding tert-OH is 1. The van der Waals surface area contributed by atoms with Gasteiger partial charge in [-0.15, -0.1) is 0 Å². The van der Waals surface area contributed by atoms with Gasteiger partial charge in [-0.3, -0.25) is 4.79 Å². The second-order valence-electron chi connectivity index (χ2n) is 5.00. The van der Waals surface area contributed by atoms with Crippen molar-refractivity contribution >= 4 is 31.9 Å². The molecule has 1 aliphatic rings. The molecule has 0 unspecified atom stereocenters. The fraction of sp³-hybridized carbons (Fsp3) is 0.462. The van der Waals surface area contributed by atoms with Crippen LogP contribution in [-0.2, 0) is 14.8 Å². The maximum Gasteiger partial charge on any atom is 0.243 e. The molecule has 8 heteroatoms. The van der Waals surface area contributed by atoms with E-state index in [0.717, 1.165) is 8.78 Å². The van der Waals surface area contributed by atoms with Crippen LogP contribution in [0.15, 0.2) is 33.6 Å². The highest BCUT2D eigenvalue weighted by Crippen LogP contribution is 2.18. The number of amides is 1. The summed E-state index contributed by atoms with van der Waals surface area (Å²) in [4.78, 5) is 13.7. The number of halogens is 1. The predicted octanol–water partition coefficient (Wildman–Crippen LogP) is 0.663. The van der Waals surface area contributed by atoms with Crippen molar-refractivity contribution in [1.29, 1.82) is 0 Å². The Labute approximate surface area is 132 Å².